The van der Waals surface area contributed by atoms with E-state index >= 15 is 4.39 Å². The van der Waals surface area contributed by atoms with Crippen LogP contribution in [0.1, 0.15) is 33.2 Å². The lowest BCUT2D eigenvalue weighted by Gasteiger charge is -2.39. The Morgan fingerprint density at radius 3 is 2.31 bits per heavy atom. The van der Waals surface area contributed by atoms with Crippen molar-refractivity contribution in [2.45, 2.75) is 19.1 Å². The topological polar surface area (TPSA) is 78.7 Å². The van der Waals surface area contributed by atoms with Gasteiger partial charge in [-0.25, -0.2) is 13.2 Å². The third kappa shape index (κ3) is 5.85. The van der Waals surface area contributed by atoms with Crippen LogP contribution in [0.25, 0.3) is 11.1 Å². The van der Waals surface area contributed by atoms with E-state index in [1.54, 1.807) is 4.90 Å². The first-order chi connectivity index (χ1) is 18.3. The zero-order chi connectivity index (χ0) is 28.6. The lowest BCUT2D eigenvalue weighted by molar-refractivity contribution is -0.138. The molecule has 206 valence electrons. The average Bonchev–Trinajstić information content (AvgIpc) is 2.86. The molecule has 1 aliphatic rings. The number of benzene rings is 3. The molecular weight excluding hydrogens is 526 g/mol. The molecule has 3 aromatic carbocycles. The molecule has 1 saturated heterocycles. The van der Waals surface area contributed by atoms with Gasteiger partial charge in [0.15, 0.2) is 0 Å². The van der Waals surface area contributed by atoms with E-state index in [1.165, 1.54) is 12.1 Å². The quantitative estimate of drug-likeness (QED) is 0.424. The summed E-state index contributed by atoms with van der Waals surface area (Å²) in [6, 6.07) is 7.18. The highest BCUT2D eigenvalue weighted by molar-refractivity contribution is 6.07. The molecule has 0 aliphatic carbocycles. The molecule has 1 atom stereocenters. The second-order valence-corrected chi connectivity index (χ2v) is 9.33. The average molecular weight is 551 g/mol. The van der Waals surface area contributed by atoms with Gasteiger partial charge >= 0.3 is 6.18 Å². The van der Waals surface area contributed by atoms with Crippen molar-refractivity contribution in [1.29, 1.82) is 0 Å². The van der Waals surface area contributed by atoms with Crippen molar-refractivity contribution in [3.8, 4) is 11.1 Å². The van der Waals surface area contributed by atoms with Crippen molar-refractivity contribution in [1.82, 2.24) is 4.90 Å². The molecule has 3 N–H and O–H groups in total. The molecule has 0 bridgehead atoms. The smallest absolute Gasteiger partial charge is 0.367 e. The van der Waals surface area contributed by atoms with Crippen LogP contribution in [0.4, 0.5) is 37.7 Å². The van der Waals surface area contributed by atoms with Gasteiger partial charge in [-0.15, -0.1) is 0 Å². The number of amides is 2. The number of nitrogens with zero attached hydrogens (tertiary/aromatic N) is 2. The fraction of sp³-hybridized carbons (Fsp3) is 0.259. The van der Waals surface area contributed by atoms with Gasteiger partial charge in [-0.2, -0.15) is 13.2 Å². The predicted octanol–water partition coefficient (Wildman–Crippen LogP) is 5.28. The molecule has 4 rings (SSSR count). The van der Waals surface area contributed by atoms with E-state index < -0.39 is 52.1 Å². The molecular formula is C27H24F6N4O2. The van der Waals surface area contributed by atoms with Crippen LogP contribution in [-0.2, 0) is 6.18 Å². The van der Waals surface area contributed by atoms with Crippen LogP contribution < -0.4 is 16.0 Å². The number of carbonyl (C=O) groups is 2. The molecule has 1 fully saturated rings. The van der Waals surface area contributed by atoms with E-state index in [2.05, 4.69) is 10.2 Å². The number of carbonyl (C=O) groups excluding carboxylic acids is 2. The standard InChI is InChI=1S/C27H24F6N4O2/c1-14-13-37(8-7-36(14)2)24-12-22(30)18(15-3-6-21(29)19(9-15)25(34)38)11-23(24)35-26(39)17-5-4-16(28)10-20(17)27(31,32)33/h3-6,9-12,14H,7-8,13H2,1-2H3,(H2,34,38)(H,35,39)/t14-/m0/s1. The molecule has 0 saturated carbocycles. The van der Waals surface area contributed by atoms with E-state index in [9.17, 15) is 31.5 Å². The first kappa shape index (κ1) is 28.0. The van der Waals surface area contributed by atoms with E-state index in [4.69, 9.17) is 5.73 Å². The summed E-state index contributed by atoms with van der Waals surface area (Å²) in [5.41, 5.74) is 2.48. The Hall–Kier alpha value is -4.06. The number of nitrogens with two attached hydrogens (primary N) is 1. The summed E-state index contributed by atoms with van der Waals surface area (Å²) < 4.78 is 83.8. The van der Waals surface area contributed by atoms with E-state index in [1.807, 2.05) is 14.0 Å². The van der Waals surface area contributed by atoms with E-state index in [-0.39, 0.29) is 34.6 Å². The number of rotatable bonds is 5. The van der Waals surface area contributed by atoms with Crippen LogP contribution in [0.2, 0.25) is 0 Å². The molecule has 0 radical (unpaired) electrons. The van der Waals surface area contributed by atoms with Crippen LogP contribution in [0, 0.1) is 17.5 Å². The molecule has 2 amide bonds. The fourth-order valence-corrected chi connectivity index (χ4v) is 4.43. The Labute approximate surface area is 220 Å². The van der Waals surface area contributed by atoms with E-state index in [0.717, 1.165) is 24.3 Å². The first-order valence-electron chi connectivity index (χ1n) is 11.8. The Balaban J connectivity index is 1.83. The molecule has 0 unspecified atom stereocenters. The minimum absolute atomic E-state index is 0.0319. The third-order valence-corrected chi connectivity index (χ3v) is 6.71. The Morgan fingerprint density at radius 2 is 1.67 bits per heavy atom. The van der Waals surface area contributed by atoms with Crippen molar-refractivity contribution in [3.05, 3.63) is 82.7 Å². The Bertz CT molecular complexity index is 1440. The minimum Gasteiger partial charge on any atom is -0.367 e. The van der Waals surface area contributed by atoms with Crippen LogP contribution in [0.5, 0.6) is 0 Å². The maximum atomic E-state index is 15.5. The van der Waals surface area contributed by atoms with Gasteiger partial charge in [0.05, 0.1) is 28.1 Å². The van der Waals surface area contributed by atoms with Gasteiger partial charge in [0, 0.05) is 31.2 Å². The number of alkyl halides is 3. The molecule has 3 aromatic rings. The minimum atomic E-state index is -5.02. The van der Waals surface area contributed by atoms with Gasteiger partial charge in [-0.1, -0.05) is 6.07 Å². The van der Waals surface area contributed by atoms with Crippen LogP contribution >= 0.6 is 0 Å². The monoisotopic (exact) mass is 550 g/mol. The number of primary amides is 1. The summed E-state index contributed by atoms with van der Waals surface area (Å²) in [6.07, 6.45) is -5.02. The first-order valence-corrected chi connectivity index (χ1v) is 11.8. The van der Waals surface area contributed by atoms with Crippen molar-refractivity contribution in [2.75, 3.05) is 36.9 Å². The van der Waals surface area contributed by atoms with Crippen LogP contribution in [0.15, 0.2) is 48.5 Å². The number of hydrogen-bond donors (Lipinski definition) is 2. The van der Waals surface area contributed by atoms with Crippen LogP contribution in [-0.4, -0.2) is 49.4 Å². The summed E-state index contributed by atoms with van der Waals surface area (Å²) in [7, 11) is 1.91. The number of likely N-dealkylation sites (N-methyl/N-ethyl adjacent to an activating group) is 1. The summed E-state index contributed by atoms with van der Waals surface area (Å²) in [4.78, 5) is 28.6. The fourth-order valence-electron chi connectivity index (χ4n) is 4.43. The van der Waals surface area contributed by atoms with Crippen molar-refractivity contribution in [2.24, 2.45) is 5.73 Å². The molecule has 12 heteroatoms. The van der Waals surface area contributed by atoms with Gasteiger partial charge in [0.1, 0.15) is 17.5 Å². The SMILES string of the molecule is C[C@H]1CN(c2cc(F)c(-c3ccc(F)c(C(N)=O)c3)cc2NC(=O)c2ccc(F)cc2C(F)(F)F)CCN1C. The lowest BCUT2D eigenvalue weighted by Crippen LogP contribution is -2.50. The molecule has 1 aliphatic heterocycles. The zero-order valence-corrected chi connectivity index (χ0v) is 20.9. The normalized spacial score (nSPS) is 16.3. The molecule has 0 spiro atoms. The highest BCUT2D eigenvalue weighted by atomic mass is 19.4. The van der Waals surface area contributed by atoms with Gasteiger partial charge in [-0.05, 0) is 62.0 Å². The van der Waals surface area contributed by atoms with Crippen molar-refractivity contribution >= 4 is 23.2 Å². The molecule has 1 heterocycles. The second-order valence-electron chi connectivity index (χ2n) is 9.33. The number of nitrogens with one attached hydrogen (secondary N) is 1. The second kappa shape index (κ2) is 10.6. The summed E-state index contributed by atoms with van der Waals surface area (Å²) in [5, 5.41) is 2.42. The third-order valence-electron chi connectivity index (χ3n) is 6.71. The number of hydrogen-bond acceptors (Lipinski definition) is 4. The number of anilines is 2. The molecule has 0 aromatic heterocycles. The molecule has 39 heavy (non-hydrogen) atoms. The lowest BCUT2D eigenvalue weighted by atomic mass is 9.99. The maximum absolute atomic E-state index is 15.5. The van der Waals surface area contributed by atoms with Gasteiger partial charge in [0.25, 0.3) is 11.8 Å². The Morgan fingerprint density at radius 1 is 0.949 bits per heavy atom. The Kier molecular flexibility index (Phi) is 7.60. The highest BCUT2D eigenvalue weighted by Gasteiger charge is 2.36. The van der Waals surface area contributed by atoms with Gasteiger partial charge < -0.3 is 20.9 Å². The predicted molar refractivity (Wildman–Crippen MR) is 134 cm³/mol. The van der Waals surface area contributed by atoms with Crippen LogP contribution in [0.3, 0.4) is 0 Å². The number of piperazine rings is 1. The van der Waals surface area contributed by atoms with Crippen molar-refractivity contribution < 1.29 is 35.9 Å². The van der Waals surface area contributed by atoms with Crippen molar-refractivity contribution in [3.63, 3.8) is 0 Å². The molecule has 6 nitrogen and oxygen atoms in total. The van der Waals surface area contributed by atoms with Gasteiger partial charge in [-0.3, -0.25) is 9.59 Å². The highest BCUT2D eigenvalue weighted by Crippen LogP contribution is 2.37. The summed E-state index contributed by atoms with van der Waals surface area (Å²) in [6.45, 7) is 3.38. The van der Waals surface area contributed by atoms with E-state index in [0.29, 0.717) is 25.7 Å². The summed E-state index contributed by atoms with van der Waals surface area (Å²) in [5.74, 6) is -5.15. The summed E-state index contributed by atoms with van der Waals surface area (Å²) >= 11 is 0. The number of halogens is 6. The van der Waals surface area contributed by atoms with Gasteiger partial charge in [0.2, 0.25) is 0 Å². The zero-order valence-electron chi connectivity index (χ0n) is 20.9. The maximum Gasteiger partial charge on any atom is 0.417 e. The largest absolute Gasteiger partial charge is 0.417 e.